The molecule has 160 valence electrons. The molecule has 30 heavy (non-hydrogen) atoms. The van der Waals surface area contributed by atoms with Gasteiger partial charge in [0, 0.05) is 26.6 Å². The van der Waals surface area contributed by atoms with E-state index in [1.807, 2.05) is 31.2 Å². The third-order valence-corrected chi connectivity index (χ3v) is 7.07. The molecule has 0 saturated carbocycles. The number of rotatable bonds is 6. The van der Waals surface area contributed by atoms with E-state index in [1.54, 1.807) is 12.1 Å². The van der Waals surface area contributed by atoms with Gasteiger partial charge in [0.05, 0.1) is 4.90 Å². The molecule has 1 N–H and O–H groups in total. The normalized spacial score (nSPS) is 17.5. The number of carboxylic acids is 1. The van der Waals surface area contributed by atoms with Crippen LogP contribution in [0.3, 0.4) is 0 Å². The highest BCUT2D eigenvalue weighted by Crippen LogP contribution is 2.24. The standard InChI is InChI=1S/C21H24N2O6S/c1-15-5-3-4-6-17(15)14-29-18-7-9-19(10-8-18)30(27,28)23-12-11-22(16(2)24)13-20(23)21(25)26/h3-10,20H,11-14H2,1-2H3,(H,25,26). The molecule has 0 spiro atoms. The second-order valence-corrected chi connectivity index (χ2v) is 9.01. The molecule has 1 aliphatic heterocycles. The summed E-state index contributed by atoms with van der Waals surface area (Å²) in [6.07, 6.45) is 0. The lowest BCUT2D eigenvalue weighted by Crippen LogP contribution is -2.58. The molecule has 1 atom stereocenters. The van der Waals surface area contributed by atoms with Crippen LogP contribution in [-0.2, 0) is 26.2 Å². The van der Waals surface area contributed by atoms with Gasteiger partial charge >= 0.3 is 5.97 Å². The molecule has 1 saturated heterocycles. The first-order valence-corrected chi connectivity index (χ1v) is 10.9. The van der Waals surface area contributed by atoms with E-state index in [9.17, 15) is 23.1 Å². The summed E-state index contributed by atoms with van der Waals surface area (Å²) >= 11 is 0. The maximum Gasteiger partial charge on any atom is 0.323 e. The Morgan fingerprint density at radius 1 is 1.10 bits per heavy atom. The third-order valence-electron chi connectivity index (χ3n) is 5.15. The number of aryl methyl sites for hydroxylation is 1. The molecule has 1 fully saturated rings. The van der Waals surface area contributed by atoms with E-state index in [0.29, 0.717) is 12.4 Å². The van der Waals surface area contributed by atoms with Crippen molar-refractivity contribution in [1.82, 2.24) is 9.21 Å². The van der Waals surface area contributed by atoms with Crippen LogP contribution in [0.4, 0.5) is 0 Å². The van der Waals surface area contributed by atoms with Crippen LogP contribution >= 0.6 is 0 Å². The number of hydrogen-bond donors (Lipinski definition) is 1. The fourth-order valence-electron chi connectivity index (χ4n) is 3.32. The first-order valence-electron chi connectivity index (χ1n) is 9.47. The summed E-state index contributed by atoms with van der Waals surface area (Å²) in [4.78, 5) is 24.5. The molecule has 0 radical (unpaired) electrons. The molecule has 1 aliphatic rings. The largest absolute Gasteiger partial charge is 0.489 e. The van der Waals surface area contributed by atoms with E-state index >= 15 is 0 Å². The molecule has 0 aliphatic carbocycles. The number of amides is 1. The van der Waals surface area contributed by atoms with Crippen LogP contribution in [0.25, 0.3) is 0 Å². The molecule has 9 heteroatoms. The molecule has 3 rings (SSSR count). The molecule has 2 aromatic rings. The van der Waals surface area contributed by atoms with Crippen LogP contribution in [0, 0.1) is 6.92 Å². The molecule has 0 bridgehead atoms. The number of nitrogens with zero attached hydrogens (tertiary/aromatic N) is 2. The van der Waals surface area contributed by atoms with Crippen LogP contribution in [0.1, 0.15) is 18.1 Å². The van der Waals surface area contributed by atoms with Crippen LogP contribution in [-0.4, -0.2) is 60.3 Å². The SMILES string of the molecule is CC(=O)N1CCN(S(=O)(=O)c2ccc(OCc3ccccc3C)cc2)C(C(=O)O)C1. The van der Waals surface area contributed by atoms with Crippen molar-refractivity contribution in [2.24, 2.45) is 0 Å². The van der Waals surface area contributed by atoms with Gasteiger partial charge in [0.1, 0.15) is 18.4 Å². The Balaban J connectivity index is 1.75. The second-order valence-electron chi connectivity index (χ2n) is 7.12. The van der Waals surface area contributed by atoms with Crippen LogP contribution in [0.15, 0.2) is 53.4 Å². The van der Waals surface area contributed by atoms with Gasteiger partial charge in [-0.2, -0.15) is 4.31 Å². The number of aliphatic carboxylic acids is 1. The lowest BCUT2D eigenvalue weighted by Gasteiger charge is -2.38. The van der Waals surface area contributed by atoms with Gasteiger partial charge in [-0.25, -0.2) is 8.42 Å². The fraction of sp³-hybridized carbons (Fsp3) is 0.333. The lowest BCUT2D eigenvalue weighted by molar-refractivity contribution is -0.145. The molecule has 1 amide bonds. The number of ether oxygens (including phenoxy) is 1. The summed E-state index contributed by atoms with van der Waals surface area (Å²) in [6.45, 7) is 3.56. The Morgan fingerprint density at radius 2 is 1.77 bits per heavy atom. The molecule has 1 heterocycles. The highest BCUT2D eigenvalue weighted by molar-refractivity contribution is 7.89. The monoisotopic (exact) mass is 432 g/mol. The van der Waals surface area contributed by atoms with Crippen molar-refractivity contribution in [1.29, 1.82) is 0 Å². The van der Waals surface area contributed by atoms with Crippen molar-refractivity contribution in [2.75, 3.05) is 19.6 Å². The number of benzene rings is 2. The average Bonchev–Trinajstić information content (AvgIpc) is 2.73. The van der Waals surface area contributed by atoms with Gasteiger partial charge < -0.3 is 14.7 Å². The minimum Gasteiger partial charge on any atom is -0.489 e. The molecular formula is C21H24N2O6S. The zero-order valence-electron chi connectivity index (χ0n) is 16.8. The number of carbonyl (C=O) groups is 2. The minimum absolute atomic E-state index is 0.0201. The second kappa shape index (κ2) is 8.85. The summed E-state index contributed by atoms with van der Waals surface area (Å²) in [5.74, 6) is -1.07. The predicted octanol–water partition coefficient (Wildman–Crippen LogP) is 1.88. The first-order chi connectivity index (χ1) is 14.2. The van der Waals surface area contributed by atoms with Crippen molar-refractivity contribution >= 4 is 21.9 Å². The van der Waals surface area contributed by atoms with Gasteiger partial charge in [-0.05, 0) is 42.3 Å². The molecule has 2 aromatic carbocycles. The van der Waals surface area contributed by atoms with Gasteiger partial charge in [-0.1, -0.05) is 24.3 Å². The quantitative estimate of drug-likeness (QED) is 0.747. The Kier molecular flexibility index (Phi) is 6.42. The van der Waals surface area contributed by atoms with Gasteiger partial charge in [0.25, 0.3) is 0 Å². The third kappa shape index (κ3) is 4.63. The summed E-state index contributed by atoms with van der Waals surface area (Å²) in [7, 11) is -4.04. The maximum atomic E-state index is 13.0. The first kappa shape index (κ1) is 21.8. The predicted molar refractivity (Wildman–Crippen MR) is 110 cm³/mol. The number of carbonyl (C=O) groups excluding carboxylic acids is 1. The van der Waals surface area contributed by atoms with Gasteiger partial charge in [0.15, 0.2) is 0 Å². The highest BCUT2D eigenvalue weighted by atomic mass is 32.2. The van der Waals surface area contributed by atoms with E-state index < -0.39 is 22.0 Å². The van der Waals surface area contributed by atoms with Crippen LogP contribution < -0.4 is 4.74 Å². The topological polar surface area (TPSA) is 104 Å². The van der Waals surface area contributed by atoms with E-state index in [2.05, 4.69) is 0 Å². The fourth-order valence-corrected chi connectivity index (χ4v) is 4.88. The Bertz CT molecular complexity index is 1040. The molecule has 8 nitrogen and oxygen atoms in total. The zero-order chi connectivity index (χ0) is 21.9. The number of piperazine rings is 1. The zero-order valence-corrected chi connectivity index (χ0v) is 17.6. The Morgan fingerprint density at radius 3 is 2.37 bits per heavy atom. The lowest BCUT2D eigenvalue weighted by atomic mass is 10.1. The number of hydrogen-bond acceptors (Lipinski definition) is 5. The maximum absolute atomic E-state index is 13.0. The van der Waals surface area contributed by atoms with E-state index in [-0.39, 0.29) is 30.4 Å². The molecule has 0 aromatic heterocycles. The van der Waals surface area contributed by atoms with Crippen molar-refractivity contribution in [3.63, 3.8) is 0 Å². The van der Waals surface area contributed by atoms with E-state index in [4.69, 9.17) is 4.74 Å². The van der Waals surface area contributed by atoms with Crippen LogP contribution in [0.5, 0.6) is 5.75 Å². The van der Waals surface area contributed by atoms with Gasteiger partial charge in [-0.15, -0.1) is 0 Å². The van der Waals surface area contributed by atoms with Crippen molar-refractivity contribution < 1.29 is 27.9 Å². The van der Waals surface area contributed by atoms with E-state index in [1.165, 1.54) is 24.0 Å². The summed E-state index contributed by atoms with van der Waals surface area (Å²) in [5.41, 5.74) is 2.13. The summed E-state index contributed by atoms with van der Waals surface area (Å²) < 4.78 is 32.7. The minimum atomic E-state index is -4.04. The van der Waals surface area contributed by atoms with Gasteiger partial charge in [0.2, 0.25) is 15.9 Å². The Hall–Kier alpha value is -2.91. The Labute approximate surface area is 175 Å². The van der Waals surface area contributed by atoms with E-state index in [0.717, 1.165) is 15.4 Å². The summed E-state index contributed by atoms with van der Waals surface area (Å²) in [6, 6.07) is 12.4. The highest BCUT2D eigenvalue weighted by Gasteiger charge is 2.40. The van der Waals surface area contributed by atoms with Crippen LogP contribution in [0.2, 0.25) is 0 Å². The smallest absolute Gasteiger partial charge is 0.323 e. The number of carboxylic acid groups (broad SMARTS) is 1. The molecular weight excluding hydrogens is 408 g/mol. The summed E-state index contributed by atoms with van der Waals surface area (Å²) in [5, 5.41) is 9.50. The molecule has 1 unspecified atom stereocenters. The van der Waals surface area contributed by atoms with Crippen molar-refractivity contribution in [3.05, 3.63) is 59.7 Å². The number of sulfonamides is 1. The van der Waals surface area contributed by atoms with Crippen molar-refractivity contribution in [2.45, 2.75) is 31.4 Å². The average molecular weight is 432 g/mol. The van der Waals surface area contributed by atoms with Gasteiger partial charge in [-0.3, -0.25) is 9.59 Å². The van der Waals surface area contributed by atoms with Crippen molar-refractivity contribution in [3.8, 4) is 5.75 Å².